The molecule has 39 heavy (non-hydrogen) atoms. The van der Waals surface area contributed by atoms with Crippen LogP contribution in [0.25, 0.3) is 11.1 Å². The third-order valence-electron chi connectivity index (χ3n) is 8.40. The number of carbonyl (C=O) groups excluding carboxylic acids is 1. The van der Waals surface area contributed by atoms with Crippen molar-refractivity contribution in [3.63, 3.8) is 0 Å². The summed E-state index contributed by atoms with van der Waals surface area (Å²) in [7, 11) is 3.67. The highest BCUT2D eigenvalue weighted by Gasteiger charge is 2.35. The summed E-state index contributed by atoms with van der Waals surface area (Å²) in [4.78, 5) is 19.3. The van der Waals surface area contributed by atoms with Crippen LogP contribution >= 0.6 is 11.6 Å². The quantitative estimate of drug-likeness (QED) is 0.362. The molecule has 1 aromatic carbocycles. The first kappa shape index (κ1) is 29.9. The maximum Gasteiger partial charge on any atom is 0.225 e. The molecule has 0 bridgehead atoms. The Bertz CT molecular complexity index is 1100. The van der Waals surface area contributed by atoms with Crippen LogP contribution in [0.4, 0.5) is 0 Å². The number of carbonyl (C=O) groups is 1. The van der Waals surface area contributed by atoms with Crippen molar-refractivity contribution < 1.29 is 19.4 Å². The van der Waals surface area contributed by atoms with Gasteiger partial charge in [-0.1, -0.05) is 49.7 Å². The standard InChI is InChI=1S/C31H44ClN3O4/c1-20(2)21-7-5-8-22(17-21)29-25(13-14-34-30(29)32)27(38-4)10-6-9-26(36)28-19-35(15-16-39-28)31(37)23-11-12-24(18-23)33-3/h5,7-8,13-14,17,20,23-24,26-28,33,36H,6,9-12,15-16,18-19H2,1-4H3/t23-,24+,26?,27?,28?/m1/s1. The molecule has 2 aromatic rings. The van der Waals surface area contributed by atoms with E-state index in [1.807, 2.05) is 18.0 Å². The van der Waals surface area contributed by atoms with Gasteiger partial charge in [0.2, 0.25) is 5.91 Å². The number of halogens is 1. The number of aliphatic hydroxyl groups is 1. The molecule has 2 fully saturated rings. The van der Waals surface area contributed by atoms with Crippen LogP contribution in [0.5, 0.6) is 0 Å². The molecule has 1 aliphatic heterocycles. The first-order valence-corrected chi connectivity index (χ1v) is 14.7. The molecule has 1 aromatic heterocycles. The summed E-state index contributed by atoms with van der Waals surface area (Å²) in [5, 5.41) is 14.7. The minimum atomic E-state index is -0.644. The number of aromatic nitrogens is 1. The molecule has 1 saturated carbocycles. The molecule has 2 heterocycles. The van der Waals surface area contributed by atoms with Crippen LogP contribution in [0.2, 0.25) is 5.15 Å². The molecule has 1 saturated heterocycles. The second-order valence-electron chi connectivity index (χ2n) is 11.3. The molecule has 0 spiro atoms. The van der Waals surface area contributed by atoms with Crippen molar-refractivity contribution in [2.75, 3.05) is 33.9 Å². The molecule has 4 rings (SSSR count). The van der Waals surface area contributed by atoms with E-state index >= 15 is 0 Å². The van der Waals surface area contributed by atoms with Gasteiger partial charge >= 0.3 is 0 Å². The van der Waals surface area contributed by atoms with Crippen molar-refractivity contribution in [3.05, 3.63) is 52.8 Å². The summed E-state index contributed by atoms with van der Waals surface area (Å²) in [6.45, 7) is 5.86. The number of nitrogens with zero attached hydrogens (tertiary/aromatic N) is 2. The van der Waals surface area contributed by atoms with Crippen molar-refractivity contribution in [3.8, 4) is 11.1 Å². The predicted molar refractivity (Wildman–Crippen MR) is 155 cm³/mol. The van der Waals surface area contributed by atoms with E-state index in [0.29, 0.717) is 49.7 Å². The molecular formula is C31H44ClN3O4. The first-order valence-electron chi connectivity index (χ1n) is 14.4. The van der Waals surface area contributed by atoms with Crippen LogP contribution in [-0.2, 0) is 14.3 Å². The van der Waals surface area contributed by atoms with Crippen LogP contribution in [-0.4, -0.2) is 73.0 Å². The Morgan fingerprint density at radius 2 is 2.10 bits per heavy atom. The molecule has 7 nitrogen and oxygen atoms in total. The fraction of sp³-hybridized carbons (Fsp3) is 0.613. The third-order valence-corrected chi connectivity index (χ3v) is 8.69. The van der Waals surface area contributed by atoms with Crippen LogP contribution < -0.4 is 5.32 Å². The molecule has 3 unspecified atom stereocenters. The zero-order valence-electron chi connectivity index (χ0n) is 23.7. The molecular weight excluding hydrogens is 514 g/mol. The average Bonchev–Trinajstić information content (AvgIpc) is 3.44. The number of rotatable bonds is 11. The molecule has 0 radical (unpaired) electrons. The molecule has 2 N–H and O–H groups in total. The molecule has 2 aliphatic rings. The smallest absolute Gasteiger partial charge is 0.225 e. The van der Waals surface area contributed by atoms with E-state index in [-0.39, 0.29) is 24.0 Å². The number of hydrogen-bond acceptors (Lipinski definition) is 6. The zero-order valence-corrected chi connectivity index (χ0v) is 24.5. The van der Waals surface area contributed by atoms with Gasteiger partial charge in [-0.05, 0) is 74.2 Å². The minimum absolute atomic E-state index is 0.0726. The van der Waals surface area contributed by atoms with Crippen molar-refractivity contribution in [2.45, 2.75) is 82.6 Å². The summed E-state index contributed by atoms with van der Waals surface area (Å²) in [5.74, 6) is 0.681. The fourth-order valence-electron chi connectivity index (χ4n) is 5.99. The van der Waals surface area contributed by atoms with Crippen molar-refractivity contribution in [1.29, 1.82) is 0 Å². The summed E-state index contributed by atoms with van der Waals surface area (Å²) in [5.41, 5.74) is 4.16. The summed E-state index contributed by atoms with van der Waals surface area (Å²) < 4.78 is 11.8. The van der Waals surface area contributed by atoms with Crippen molar-refractivity contribution in [2.24, 2.45) is 5.92 Å². The zero-order chi connectivity index (χ0) is 27.9. The van der Waals surface area contributed by atoms with Crippen LogP contribution in [0.15, 0.2) is 36.5 Å². The predicted octanol–water partition coefficient (Wildman–Crippen LogP) is 5.36. The van der Waals surface area contributed by atoms with Crippen molar-refractivity contribution >= 4 is 17.5 Å². The Morgan fingerprint density at radius 1 is 1.28 bits per heavy atom. The van der Waals surface area contributed by atoms with Gasteiger partial charge in [0.25, 0.3) is 0 Å². The Morgan fingerprint density at radius 3 is 2.82 bits per heavy atom. The number of amides is 1. The van der Waals surface area contributed by atoms with Crippen molar-refractivity contribution in [1.82, 2.24) is 15.2 Å². The van der Waals surface area contributed by atoms with E-state index in [9.17, 15) is 9.90 Å². The van der Waals surface area contributed by atoms with E-state index < -0.39 is 6.10 Å². The van der Waals surface area contributed by atoms with E-state index in [2.05, 4.69) is 48.4 Å². The molecule has 5 atom stereocenters. The summed E-state index contributed by atoms with van der Waals surface area (Å²) in [6, 6.07) is 10.8. The number of hydrogen-bond donors (Lipinski definition) is 2. The van der Waals surface area contributed by atoms with Gasteiger partial charge in [0, 0.05) is 43.9 Å². The lowest BCUT2D eigenvalue weighted by atomic mass is 9.92. The van der Waals surface area contributed by atoms with E-state index in [4.69, 9.17) is 21.1 Å². The number of pyridine rings is 1. The Labute approximate surface area is 238 Å². The molecule has 1 amide bonds. The van der Waals surface area contributed by atoms with Crippen LogP contribution in [0.3, 0.4) is 0 Å². The average molecular weight is 558 g/mol. The SMILES string of the molecule is CN[C@H]1CC[C@@H](C(=O)N2CCOC(C(O)CCCC(OC)c3ccnc(Cl)c3-c3cccc(C(C)C)c3)C2)C1. The molecule has 214 valence electrons. The van der Waals surface area contributed by atoms with E-state index in [1.165, 1.54) is 5.56 Å². The molecule has 8 heteroatoms. The van der Waals surface area contributed by atoms with Crippen LogP contribution in [0.1, 0.15) is 75.5 Å². The Balaban J connectivity index is 1.36. The topological polar surface area (TPSA) is 83.9 Å². The number of methoxy groups -OCH3 is 1. The summed E-state index contributed by atoms with van der Waals surface area (Å²) in [6.07, 6.45) is 5.40. The number of morpholine rings is 1. The lowest BCUT2D eigenvalue weighted by Gasteiger charge is -2.36. The lowest BCUT2D eigenvalue weighted by Crippen LogP contribution is -2.51. The third kappa shape index (κ3) is 7.39. The van der Waals surface area contributed by atoms with Gasteiger partial charge in [0.15, 0.2) is 0 Å². The van der Waals surface area contributed by atoms with Gasteiger partial charge < -0.3 is 24.8 Å². The van der Waals surface area contributed by atoms with Gasteiger partial charge in [-0.15, -0.1) is 0 Å². The number of ether oxygens (including phenoxy) is 2. The largest absolute Gasteiger partial charge is 0.390 e. The highest BCUT2D eigenvalue weighted by molar-refractivity contribution is 6.32. The normalized spacial score (nSPS) is 23.3. The Kier molecular flexibility index (Phi) is 10.8. The van der Waals surface area contributed by atoms with Gasteiger partial charge in [-0.2, -0.15) is 0 Å². The lowest BCUT2D eigenvalue weighted by molar-refractivity contribution is -0.148. The second-order valence-corrected chi connectivity index (χ2v) is 11.6. The maximum atomic E-state index is 13.1. The van der Waals surface area contributed by atoms with Gasteiger partial charge in [0.1, 0.15) is 11.3 Å². The number of benzene rings is 1. The van der Waals surface area contributed by atoms with Gasteiger partial charge in [-0.25, -0.2) is 4.98 Å². The monoisotopic (exact) mass is 557 g/mol. The summed E-state index contributed by atoms with van der Waals surface area (Å²) >= 11 is 6.63. The fourth-order valence-corrected chi connectivity index (χ4v) is 6.27. The number of nitrogens with one attached hydrogen (secondary N) is 1. The van der Waals surface area contributed by atoms with Crippen LogP contribution in [0, 0.1) is 5.92 Å². The minimum Gasteiger partial charge on any atom is -0.390 e. The van der Waals surface area contributed by atoms with Gasteiger partial charge in [0.05, 0.1) is 18.8 Å². The highest BCUT2D eigenvalue weighted by atomic mass is 35.5. The second kappa shape index (κ2) is 14.0. The first-order chi connectivity index (χ1) is 18.8. The van der Waals surface area contributed by atoms with Gasteiger partial charge in [-0.3, -0.25) is 4.79 Å². The van der Waals surface area contributed by atoms with E-state index in [0.717, 1.165) is 42.4 Å². The molecule has 1 aliphatic carbocycles. The maximum absolute atomic E-state index is 13.1. The van der Waals surface area contributed by atoms with E-state index in [1.54, 1.807) is 13.3 Å². The number of aliphatic hydroxyl groups excluding tert-OH is 1. The Hall–Kier alpha value is -2.03. The highest BCUT2D eigenvalue weighted by Crippen LogP contribution is 2.37.